The summed E-state index contributed by atoms with van der Waals surface area (Å²) < 4.78 is 17.5. The van der Waals surface area contributed by atoms with Crippen molar-refractivity contribution in [3.05, 3.63) is 0 Å². The van der Waals surface area contributed by atoms with Gasteiger partial charge in [-0.05, 0) is 39.5 Å². The van der Waals surface area contributed by atoms with Crippen LogP contribution in [0.3, 0.4) is 0 Å². The van der Waals surface area contributed by atoms with Crippen molar-refractivity contribution in [1.29, 1.82) is 0 Å². The molecular weight excluding hydrogens is 244 g/mol. The van der Waals surface area contributed by atoms with Gasteiger partial charge in [-0.2, -0.15) is 0 Å². The van der Waals surface area contributed by atoms with Gasteiger partial charge in [0.2, 0.25) is 0 Å². The van der Waals surface area contributed by atoms with Crippen LogP contribution in [0.2, 0.25) is 0 Å². The van der Waals surface area contributed by atoms with E-state index in [0.717, 1.165) is 12.8 Å². The van der Waals surface area contributed by atoms with E-state index in [1.807, 2.05) is 13.8 Å². The predicted molar refractivity (Wildman–Crippen MR) is 72.8 cm³/mol. The highest BCUT2D eigenvalue weighted by Gasteiger charge is 2.47. The highest BCUT2D eigenvalue weighted by Crippen LogP contribution is 2.38. The van der Waals surface area contributed by atoms with Crippen LogP contribution in [0, 0.1) is 11.8 Å². The number of hydrogen-bond acceptors (Lipinski definition) is 4. The molecule has 0 aliphatic carbocycles. The number of rotatable bonds is 4. The van der Waals surface area contributed by atoms with Gasteiger partial charge in [0.05, 0.1) is 31.0 Å². The largest absolute Gasteiger partial charge is 0.390 e. The Kier molecular flexibility index (Phi) is 4.56. The van der Waals surface area contributed by atoms with Gasteiger partial charge in [-0.15, -0.1) is 0 Å². The summed E-state index contributed by atoms with van der Waals surface area (Å²) in [4.78, 5) is 0. The van der Waals surface area contributed by atoms with E-state index >= 15 is 0 Å². The molecule has 0 aromatic carbocycles. The average molecular weight is 272 g/mol. The summed E-state index contributed by atoms with van der Waals surface area (Å²) in [6.45, 7) is 10.8. The SMILES string of the molecule is CC(C)CC(O)C1OC(C)CC1C1COC(C)(C)O1. The summed E-state index contributed by atoms with van der Waals surface area (Å²) >= 11 is 0. The lowest BCUT2D eigenvalue weighted by atomic mass is 9.88. The Morgan fingerprint density at radius 3 is 2.53 bits per heavy atom. The quantitative estimate of drug-likeness (QED) is 0.853. The second-order valence-corrected chi connectivity index (χ2v) is 6.87. The lowest BCUT2D eigenvalue weighted by molar-refractivity contribution is -0.151. The van der Waals surface area contributed by atoms with Gasteiger partial charge in [-0.1, -0.05) is 13.8 Å². The normalized spacial score (nSPS) is 39.9. The number of ether oxygens (including phenoxy) is 3. The first-order valence-electron chi connectivity index (χ1n) is 7.44. The standard InChI is InChI=1S/C15H28O4/c1-9(2)6-12(16)14-11(7-10(3)18-14)13-8-17-15(4,5)19-13/h9-14,16H,6-8H2,1-5H3. The average Bonchev–Trinajstić information content (AvgIpc) is 2.80. The maximum absolute atomic E-state index is 10.4. The van der Waals surface area contributed by atoms with Gasteiger partial charge < -0.3 is 19.3 Å². The Hall–Kier alpha value is -0.160. The van der Waals surface area contributed by atoms with Crippen LogP contribution in [-0.4, -0.2) is 41.9 Å². The van der Waals surface area contributed by atoms with E-state index in [1.54, 1.807) is 0 Å². The third-order valence-electron chi connectivity index (χ3n) is 4.02. The van der Waals surface area contributed by atoms with Crippen LogP contribution in [0.15, 0.2) is 0 Å². The Morgan fingerprint density at radius 2 is 2.00 bits per heavy atom. The van der Waals surface area contributed by atoms with Crippen LogP contribution in [0.1, 0.15) is 47.5 Å². The summed E-state index contributed by atoms with van der Waals surface area (Å²) in [5.41, 5.74) is 0. The molecule has 5 atom stereocenters. The highest BCUT2D eigenvalue weighted by atomic mass is 16.7. The minimum atomic E-state index is -0.510. The summed E-state index contributed by atoms with van der Waals surface area (Å²) in [6.07, 6.45) is 1.38. The van der Waals surface area contributed by atoms with Crippen molar-refractivity contribution in [3.8, 4) is 0 Å². The van der Waals surface area contributed by atoms with Crippen LogP contribution in [-0.2, 0) is 14.2 Å². The van der Waals surface area contributed by atoms with Crippen LogP contribution in [0.5, 0.6) is 0 Å². The third kappa shape index (κ3) is 3.69. The molecule has 4 heteroatoms. The van der Waals surface area contributed by atoms with Gasteiger partial charge in [-0.3, -0.25) is 0 Å². The van der Waals surface area contributed by atoms with Gasteiger partial charge in [0.25, 0.3) is 0 Å². The molecule has 2 aliphatic heterocycles. The molecule has 0 saturated carbocycles. The van der Waals surface area contributed by atoms with Crippen LogP contribution in [0.4, 0.5) is 0 Å². The first-order valence-corrected chi connectivity index (χ1v) is 7.44. The van der Waals surface area contributed by atoms with E-state index in [0.29, 0.717) is 12.5 Å². The van der Waals surface area contributed by atoms with E-state index in [1.165, 1.54) is 0 Å². The number of aliphatic hydroxyl groups excluding tert-OH is 1. The van der Waals surface area contributed by atoms with E-state index < -0.39 is 11.9 Å². The Balaban J connectivity index is 2.01. The molecule has 0 bridgehead atoms. The second-order valence-electron chi connectivity index (χ2n) is 6.87. The molecule has 0 spiro atoms. The maximum Gasteiger partial charge on any atom is 0.163 e. The molecule has 2 fully saturated rings. The first kappa shape index (κ1) is 15.2. The van der Waals surface area contributed by atoms with E-state index in [9.17, 15) is 5.11 Å². The van der Waals surface area contributed by atoms with Crippen LogP contribution in [0.25, 0.3) is 0 Å². The summed E-state index contributed by atoms with van der Waals surface area (Å²) in [6, 6.07) is 0. The lowest BCUT2D eigenvalue weighted by Crippen LogP contribution is -2.39. The van der Waals surface area contributed by atoms with E-state index in [4.69, 9.17) is 14.2 Å². The van der Waals surface area contributed by atoms with Crippen molar-refractivity contribution < 1.29 is 19.3 Å². The molecule has 2 heterocycles. The monoisotopic (exact) mass is 272 g/mol. The Morgan fingerprint density at radius 1 is 1.32 bits per heavy atom. The van der Waals surface area contributed by atoms with Crippen LogP contribution < -0.4 is 0 Å². The van der Waals surface area contributed by atoms with Crippen LogP contribution >= 0.6 is 0 Å². The summed E-state index contributed by atoms with van der Waals surface area (Å²) in [7, 11) is 0. The minimum absolute atomic E-state index is 0.0340. The van der Waals surface area contributed by atoms with Gasteiger partial charge in [0.15, 0.2) is 5.79 Å². The second kappa shape index (κ2) is 5.68. The molecule has 0 radical (unpaired) electrons. The summed E-state index contributed by atoms with van der Waals surface area (Å²) in [5.74, 6) is 0.183. The summed E-state index contributed by atoms with van der Waals surface area (Å²) in [5, 5.41) is 10.4. The number of hydrogen-bond donors (Lipinski definition) is 1. The smallest absolute Gasteiger partial charge is 0.163 e. The van der Waals surface area contributed by atoms with Crippen molar-refractivity contribution in [2.45, 2.75) is 77.7 Å². The highest BCUT2D eigenvalue weighted by molar-refractivity contribution is 4.92. The molecule has 2 rings (SSSR count). The lowest BCUT2D eigenvalue weighted by Gasteiger charge is -2.28. The molecule has 0 aromatic rings. The molecule has 0 aromatic heterocycles. The molecule has 5 unspecified atom stereocenters. The zero-order valence-electron chi connectivity index (χ0n) is 12.8. The zero-order valence-corrected chi connectivity index (χ0v) is 12.8. The predicted octanol–water partition coefficient (Wildman–Crippen LogP) is 2.34. The van der Waals surface area contributed by atoms with Gasteiger partial charge in [0.1, 0.15) is 0 Å². The molecule has 2 aliphatic rings. The molecule has 4 nitrogen and oxygen atoms in total. The zero-order chi connectivity index (χ0) is 14.2. The third-order valence-corrected chi connectivity index (χ3v) is 4.02. The van der Waals surface area contributed by atoms with Crippen molar-refractivity contribution in [1.82, 2.24) is 0 Å². The van der Waals surface area contributed by atoms with Crippen molar-refractivity contribution in [2.75, 3.05) is 6.61 Å². The first-order chi connectivity index (χ1) is 8.78. The topological polar surface area (TPSA) is 47.9 Å². The molecule has 112 valence electrons. The molecule has 0 amide bonds. The maximum atomic E-state index is 10.4. The molecular formula is C15H28O4. The molecule has 2 saturated heterocycles. The fourth-order valence-corrected chi connectivity index (χ4v) is 3.23. The van der Waals surface area contributed by atoms with Gasteiger partial charge in [0, 0.05) is 5.92 Å². The van der Waals surface area contributed by atoms with Crippen molar-refractivity contribution in [3.63, 3.8) is 0 Å². The van der Waals surface area contributed by atoms with E-state index in [2.05, 4.69) is 20.8 Å². The van der Waals surface area contributed by atoms with E-state index in [-0.39, 0.29) is 24.2 Å². The fourth-order valence-electron chi connectivity index (χ4n) is 3.23. The van der Waals surface area contributed by atoms with Crippen molar-refractivity contribution in [2.24, 2.45) is 11.8 Å². The Bertz CT molecular complexity index is 303. The van der Waals surface area contributed by atoms with Crippen molar-refractivity contribution >= 4 is 0 Å². The molecule has 19 heavy (non-hydrogen) atoms. The number of aliphatic hydroxyl groups is 1. The van der Waals surface area contributed by atoms with Gasteiger partial charge in [-0.25, -0.2) is 0 Å². The van der Waals surface area contributed by atoms with Gasteiger partial charge >= 0.3 is 0 Å². The minimum Gasteiger partial charge on any atom is -0.390 e. The fraction of sp³-hybridized carbons (Fsp3) is 1.00. The molecule has 1 N–H and O–H groups in total. The Labute approximate surface area is 116 Å².